The van der Waals surface area contributed by atoms with Crippen LogP contribution in [0.5, 0.6) is 5.75 Å². The molecule has 0 aliphatic carbocycles. The van der Waals surface area contributed by atoms with E-state index >= 15 is 0 Å². The second-order valence-electron chi connectivity index (χ2n) is 5.25. The molecule has 21 heavy (non-hydrogen) atoms. The van der Waals surface area contributed by atoms with Gasteiger partial charge in [-0.2, -0.15) is 0 Å². The van der Waals surface area contributed by atoms with Crippen LogP contribution < -0.4 is 16.0 Å². The minimum absolute atomic E-state index is 0.219. The molecule has 3 nitrogen and oxygen atoms in total. The first-order chi connectivity index (χ1) is 10.0. The number of ether oxygens (including phenoxy) is 1. The Morgan fingerprint density at radius 3 is 2.38 bits per heavy atom. The van der Waals surface area contributed by atoms with E-state index in [1.807, 2.05) is 44.2 Å². The number of rotatable bonds is 5. The topological polar surface area (TPSA) is 47.3 Å². The lowest BCUT2D eigenvalue weighted by molar-refractivity contribution is 0.414. The van der Waals surface area contributed by atoms with Gasteiger partial charge in [-0.3, -0.25) is 11.3 Å². The molecule has 0 amide bonds. The van der Waals surface area contributed by atoms with Gasteiger partial charge in [-0.15, -0.1) is 0 Å². The Balaban J connectivity index is 2.27. The molecule has 0 radical (unpaired) electrons. The highest BCUT2D eigenvalue weighted by Gasteiger charge is 2.18. The van der Waals surface area contributed by atoms with Crippen LogP contribution in [0.4, 0.5) is 4.39 Å². The molecule has 0 spiro atoms. The third-order valence-corrected chi connectivity index (χ3v) is 3.63. The fourth-order valence-electron chi connectivity index (χ4n) is 2.61. The largest absolute Gasteiger partial charge is 0.497 e. The van der Waals surface area contributed by atoms with Crippen LogP contribution in [0.15, 0.2) is 36.4 Å². The number of methoxy groups -OCH3 is 1. The number of aryl methyl sites for hydroxylation is 2. The Labute approximate surface area is 124 Å². The first-order valence-corrected chi connectivity index (χ1v) is 6.91. The minimum Gasteiger partial charge on any atom is -0.497 e. The Hall–Kier alpha value is -1.91. The van der Waals surface area contributed by atoms with E-state index in [-0.39, 0.29) is 11.9 Å². The summed E-state index contributed by atoms with van der Waals surface area (Å²) in [6.45, 7) is 3.79. The Morgan fingerprint density at radius 1 is 1.19 bits per heavy atom. The molecular weight excluding hydrogens is 267 g/mol. The van der Waals surface area contributed by atoms with E-state index in [2.05, 4.69) is 5.43 Å². The van der Waals surface area contributed by atoms with Crippen molar-refractivity contribution in [2.24, 2.45) is 5.84 Å². The molecule has 2 aromatic carbocycles. The van der Waals surface area contributed by atoms with Crippen LogP contribution >= 0.6 is 0 Å². The summed E-state index contributed by atoms with van der Waals surface area (Å²) in [5.74, 6) is 6.22. The summed E-state index contributed by atoms with van der Waals surface area (Å²) in [4.78, 5) is 0. The molecule has 0 saturated carbocycles. The van der Waals surface area contributed by atoms with Gasteiger partial charge in [0, 0.05) is 5.56 Å². The van der Waals surface area contributed by atoms with E-state index in [1.165, 1.54) is 0 Å². The van der Waals surface area contributed by atoms with Crippen LogP contribution in [0.3, 0.4) is 0 Å². The smallest absolute Gasteiger partial charge is 0.128 e. The first-order valence-electron chi connectivity index (χ1n) is 6.91. The summed E-state index contributed by atoms with van der Waals surface area (Å²) < 4.78 is 19.4. The van der Waals surface area contributed by atoms with Crippen LogP contribution in [-0.4, -0.2) is 7.11 Å². The van der Waals surface area contributed by atoms with Gasteiger partial charge in [0.15, 0.2) is 0 Å². The summed E-state index contributed by atoms with van der Waals surface area (Å²) in [5, 5.41) is 0. The zero-order chi connectivity index (χ0) is 15.4. The molecular formula is C17H21FN2O. The number of hydrazine groups is 1. The summed E-state index contributed by atoms with van der Waals surface area (Å²) in [5.41, 5.74) is 6.23. The van der Waals surface area contributed by atoms with Crippen molar-refractivity contribution < 1.29 is 9.13 Å². The Kier molecular flexibility index (Phi) is 4.94. The van der Waals surface area contributed by atoms with Gasteiger partial charge in [0.2, 0.25) is 0 Å². The normalized spacial score (nSPS) is 12.2. The summed E-state index contributed by atoms with van der Waals surface area (Å²) in [6, 6.07) is 11.0. The quantitative estimate of drug-likeness (QED) is 0.656. The van der Waals surface area contributed by atoms with Gasteiger partial charge in [0.25, 0.3) is 0 Å². The summed E-state index contributed by atoms with van der Waals surface area (Å²) in [7, 11) is 1.63. The van der Waals surface area contributed by atoms with Gasteiger partial charge in [0.1, 0.15) is 11.6 Å². The Morgan fingerprint density at radius 2 is 1.86 bits per heavy atom. The molecule has 0 heterocycles. The van der Waals surface area contributed by atoms with Crippen molar-refractivity contribution in [2.45, 2.75) is 26.3 Å². The van der Waals surface area contributed by atoms with E-state index in [1.54, 1.807) is 13.2 Å². The van der Waals surface area contributed by atoms with Crippen molar-refractivity contribution >= 4 is 0 Å². The van der Waals surface area contributed by atoms with E-state index in [0.717, 1.165) is 22.4 Å². The third-order valence-electron chi connectivity index (χ3n) is 3.63. The highest BCUT2D eigenvalue weighted by Crippen LogP contribution is 2.26. The standard InChI is InChI=1S/C17H21FN2O/c1-11-8-12(2)17(15(18)9-11)16(20-19)10-13-4-6-14(21-3)7-5-13/h4-9,16,20H,10,19H2,1-3H3. The van der Waals surface area contributed by atoms with Crippen LogP contribution in [0.25, 0.3) is 0 Å². The zero-order valence-electron chi connectivity index (χ0n) is 12.6. The molecule has 0 saturated heterocycles. The van der Waals surface area contributed by atoms with Crippen LogP contribution in [0.2, 0.25) is 0 Å². The minimum atomic E-state index is -0.265. The van der Waals surface area contributed by atoms with Gasteiger partial charge < -0.3 is 4.74 Å². The maximum atomic E-state index is 14.3. The second-order valence-corrected chi connectivity index (χ2v) is 5.25. The SMILES string of the molecule is COc1ccc(CC(NN)c2c(C)cc(C)cc2F)cc1. The van der Waals surface area contributed by atoms with Gasteiger partial charge in [-0.1, -0.05) is 18.2 Å². The summed E-state index contributed by atoms with van der Waals surface area (Å²) >= 11 is 0. The number of hydrogen-bond acceptors (Lipinski definition) is 3. The number of nitrogens with one attached hydrogen (secondary N) is 1. The third kappa shape index (κ3) is 3.60. The number of benzene rings is 2. The lowest BCUT2D eigenvalue weighted by Crippen LogP contribution is -2.31. The predicted molar refractivity (Wildman–Crippen MR) is 82.6 cm³/mol. The molecule has 0 aliphatic rings. The molecule has 1 unspecified atom stereocenters. The molecule has 0 aliphatic heterocycles. The van der Waals surface area contributed by atoms with Crippen LogP contribution in [-0.2, 0) is 6.42 Å². The van der Waals surface area contributed by atoms with Crippen molar-refractivity contribution in [3.8, 4) is 5.75 Å². The maximum absolute atomic E-state index is 14.3. The molecule has 2 aromatic rings. The molecule has 112 valence electrons. The molecule has 4 heteroatoms. The number of nitrogens with two attached hydrogens (primary N) is 1. The van der Waals surface area contributed by atoms with E-state index in [4.69, 9.17) is 10.6 Å². The number of halogens is 1. The molecule has 0 bridgehead atoms. The van der Waals surface area contributed by atoms with Gasteiger partial charge in [0.05, 0.1) is 13.2 Å². The van der Waals surface area contributed by atoms with Crippen molar-refractivity contribution in [1.82, 2.24) is 5.43 Å². The average Bonchev–Trinajstić information content (AvgIpc) is 2.45. The van der Waals surface area contributed by atoms with Crippen LogP contribution in [0, 0.1) is 19.7 Å². The predicted octanol–water partition coefficient (Wildman–Crippen LogP) is 3.20. The second kappa shape index (κ2) is 6.70. The average molecular weight is 288 g/mol. The monoisotopic (exact) mass is 288 g/mol. The molecule has 3 N–H and O–H groups in total. The lowest BCUT2D eigenvalue weighted by Gasteiger charge is -2.20. The molecule has 2 rings (SSSR count). The maximum Gasteiger partial charge on any atom is 0.128 e. The van der Waals surface area contributed by atoms with Crippen molar-refractivity contribution in [2.75, 3.05) is 7.11 Å². The van der Waals surface area contributed by atoms with Crippen molar-refractivity contribution in [1.29, 1.82) is 0 Å². The highest BCUT2D eigenvalue weighted by molar-refractivity contribution is 5.36. The van der Waals surface area contributed by atoms with Crippen molar-refractivity contribution in [3.05, 3.63) is 64.5 Å². The van der Waals surface area contributed by atoms with Gasteiger partial charge in [-0.05, 0) is 55.2 Å². The lowest BCUT2D eigenvalue weighted by atomic mass is 9.94. The zero-order valence-corrected chi connectivity index (χ0v) is 12.6. The molecule has 1 atom stereocenters. The van der Waals surface area contributed by atoms with E-state index in [9.17, 15) is 4.39 Å². The fraction of sp³-hybridized carbons (Fsp3) is 0.294. The van der Waals surface area contributed by atoms with Gasteiger partial charge in [-0.25, -0.2) is 4.39 Å². The van der Waals surface area contributed by atoms with Gasteiger partial charge >= 0.3 is 0 Å². The summed E-state index contributed by atoms with van der Waals surface area (Å²) in [6.07, 6.45) is 0.612. The van der Waals surface area contributed by atoms with Crippen molar-refractivity contribution in [3.63, 3.8) is 0 Å². The fourth-order valence-corrected chi connectivity index (χ4v) is 2.61. The Bertz CT molecular complexity index is 588. The molecule has 0 fully saturated rings. The number of hydrogen-bond donors (Lipinski definition) is 2. The molecule has 0 aromatic heterocycles. The van der Waals surface area contributed by atoms with Crippen LogP contribution in [0.1, 0.15) is 28.3 Å². The highest BCUT2D eigenvalue weighted by atomic mass is 19.1. The van der Waals surface area contributed by atoms with E-state index < -0.39 is 0 Å². The van der Waals surface area contributed by atoms with E-state index in [0.29, 0.717) is 12.0 Å². The first kappa shape index (κ1) is 15.5.